The Hall–Kier alpha value is -3.08. The molecule has 0 atom stereocenters. The first-order chi connectivity index (χ1) is 14.0. The Bertz CT molecular complexity index is 1220. The second-order valence-electron chi connectivity index (χ2n) is 6.62. The molecule has 0 aliphatic heterocycles. The standard InChI is InChI=1S/C23H16Cl2N2O2/c1-14-6-5-9-17(12-14)27-22(15-7-3-2-4-8-15)20(23(28)29)21(26-27)16-10-11-18(24)19(25)13-16/h2-13H,1H3,(H,28,29). The average Bonchev–Trinajstić information content (AvgIpc) is 3.12. The third-order valence-electron chi connectivity index (χ3n) is 4.59. The maximum Gasteiger partial charge on any atom is 0.340 e. The largest absolute Gasteiger partial charge is 0.478 e. The van der Waals surface area contributed by atoms with E-state index in [-0.39, 0.29) is 5.56 Å². The molecule has 6 heteroatoms. The summed E-state index contributed by atoms with van der Waals surface area (Å²) in [5.41, 5.74) is 4.10. The van der Waals surface area contributed by atoms with E-state index in [0.717, 1.165) is 16.8 Å². The predicted molar refractivity (Wildman–Crippen MR) is 116 cm³/mol. The van der Waals surface area contributed by atoms with Crippen molar-refractivity contribution in [1.29, 1.82) is 0 Å². The predicted octanol–water partition coefficient (Wildman–Crippen LogP) is 6.52. The van der Waals surface area contributed by atoms with Crippen molar-refractivity contribution in [2.75, 3.05) is 0 Å². The van der Waals surface area contributed by atoms with Crippen LogP contribution in [0.15, 0.2) is 72.8 Å². The van der Waals surface area contributed by atoms with Crippen LogP contribution in [0.2, 0.25) is 10.0 Å². The van der Waals surface area contributed by atoms with Gasteiger partial charge in [-0.2, -0.15) is 5.10 Å². The minimum atomic E-state index is -1.07. The van der Waals surface area contributed by atoms with Crippen LogP contribution in [0.3, 0.4) is 0 Å². The number of hydrogen-bond donors (Lipinski definition) is 1. The summed E-state index contributed by atoms with van der Waals surface area (Å²) >= 11 is 12.2. The number of rotatable bonds is 4. The number of carbonyl (C=O) groups is 1. The summed E-state index contributed by atoms with van der Waals surface area (Å²) in [6.07, 6.45) is 0. The summed E-state index contributed by atoms with van der Waals surface area (Å²) in [6.45, 7) is 1.98. The van der Waals surface area contributed by atoms with E-state index in [4.69, 9.17) is 28.3 Å². The van der Waals surface area contributed by atoms with Crippen molar-refractivity contribution in [3.8, 4) is 28.2 Å². The summed E-state index contributed by atoms with van der Waals surface area (Å²) in [5.74, 6) is -1.07. The topological polar surface area (TPSA) is 55.1 Å². The molecule has 29 heavy (non-hydrogen) atoms. The van der Waals surface area contributed by atoms with Gasteiger partial charge in [-0.05, 0) is 36.8 Å². The van der Waals surface area contributed by atoms with Crippen LogP contribution < -0.4 is 0 Å². The molecule has 0 fully saturated rings. The van der Waals surface area contributed by atoms with Gasteiger partial charge in [0.15, 0.2) is 0 Å². The zero-order valence-electron chi connectivity index (χ0n) is 15.4. The smallest absolute Gasteiger partial charge is 0.340 e. The van der Waals surface area contributed by atoms with E-state index in [1.54, 1.807) is 22.9 Å². The van der Waals surface area contributed by atoms with E-state index in [0.29, 0.717) is 27.0 Å². The van der Waals surface area contributed by atoms with Crippen LogP contribution >= 0.6 is 23.2 Å². The van der Waals surface area contributed by atoms with Crippen LogP contribution in [0.4, 0.5) is 0 Å². The molecule has 0 amide bonds. The van der Waals surface area contributed by atoms with E-state index in [2.05, 4.69) is 0 Å². The SMILES string of the molecule is Cc1cccc(-n2nc(-c3ccc(Cl)c(Cl)c3)c(C(=O)O)c2-c2ccccc2)c1. The minimum Gasteiger partial charge on any atom is -0.478 e. The molecule has 4 aromatic rings. The summed E-state index contributed by atoms with van der Waals surface area (Å²) in [5, 5.41) is 15.5. The summed E-state index contributed by atoms with van der Waals surface area (Å²) in [4.78, 5) is 12.3. The van der Waals surface area contributed by atoms with Crippen molar-refractivity contribution in [3.63, 3.8) is 0 Å². The van der Waals surface area contributed by atoms with Crippen molar-refractivity contribution >= 4 is 29.2 Å². The minimum absolute atomic E-state index is 0.107. The normalized spacial score (nSPS) is 10.9. The van der Waals surface area contributed by atoms with Crippen LogP contribution in [0, 0.1) is 6.92 Å². The number of aromatic nitrogens is 2. The van der Waals surface area contributed by atoms with Crippen molar-refractivity contribution in [2.24, 2.45) is 0 Å². The van der Waals surface area contributed by atoms with Crippen LogP contribution in [-0.2, 0) is 0 Å². The Balaban J connectivity index is 2.07. The Labute approximate surface area is 178 Å². The Morgan fingerprint density at radius 1 is 0.897 bits per heavy atom. The monoisotopic (exact) mass is 422 g/mol. The number of halogens is 2. The lowest BCUT2D eigenvalue weighted by atomic mass is 10.0. The van der Waals surface area contributed by atoms with Gasteiger partial charge < -0.3 is 5.11 Å². The van der Waals surface area contributed by atoms with E-state index in [9.17, 15) is 9.90 Å². The molecule has 0 unspecified atom stereocenters. The van der Waals surface area contributed by atoms with Gasteiger partial charge in [0.05, 0.1) is 21.4 Å². The lowest BCUT2D eigenvalue weighted by Crippen LogP contribution is -2.03. The molecule has 0 aliphatic carbocycles. The number of carboxylic acids is 1. The van der Waals surface area contributed by atoms with Gasteiger partial charge in [0.1, 0.15) is 11.3 Å². The second kappa shape index (κ2) is 7.74. The van der Waals surface area contributed by atoms with E-state index >= 15 is 0 Å². The van der Waals surface area contributed by atoms with Crippen LogP contribution in [0.25, 0.3) is 28.2 Å². The van der Waals surface area contributed by atoms with Gasteiger partial charge in [-0.25, -0.2) is 9.48 Å². The van der Waals surface area contributed by atoms with E-state index < -0.39 is 5.97 Å². The second-order valence-corrected chi connectivity index (χ2v) is 7.44. The van der Waals surface area contributed by atoms with Gasteiger partial charge >= 0.3 is 5.97 Å². The van der Waals surface area contributed by atoms with Crippen molar-refractivity contribution in [3.05, 3.63) is 94.0 Å². The van der Waals surface area contributed by atoms with Gasteiger partial charge in [-0.15, -0.1) is 0 Å². The highest BCUT2D eigenvalue weighted by atomic mass is 35.5. The number of nitrogens with zero attached hydrogens (tertiary/aromatic N) is 2. The zero-order valence-corrected chi connectivity index (χ0v) is 16.9. The number of carboxylic acid groups (broad SMARTS) is 1. The highest BCUT2D eigenvalue weighted by molar-refractivity contribution is 6.42. The number of aromatic carboxylic acids is 1. The zero-order chi connectivity index (χ0) is 20.5. The number of aryl methyl sites for hydroxylation is 1. The molecule has 4 nitrogen and oxygen atoms in total. The molecule has 1 heterocycles. The Morgan fingerprint density at radius 2 is 1.66 bits per heavy atom. The van der Waals surface area contributed by atoms with Gasteiger partial charge in [-0.1, -0.05) is 71.7 Å². The summed E-state index contributed by atoms with van der Waals surface area (Å²) < 4.78 is 1.67. The fourth-order valence-electron chi connectivity index (χ4n) is 3.28. The molecule has 3 aromatic carbocycles. The first-order valence-electron chi connectivity index (χ1n) is 8.90. The van der Waals surface area contributed by atoms with Crippen molar-refractivity contribution in [1.82, 2.24) is 9.78 Å². The quantitative estimate of drug-likeness (QED) is 0.407. The molecular formula is C23H16Cl2N2O2. The first-order valence-corrected chi connectivity index (χ1v) is 9.65. The number of hydrogen-bond acceptors (Lipinski definition) is 2. The molecule has 144 valence electrons. The molecule has 0 aliphatic rings. The van der Waals surface area contributed by atoms with Gasteiger partial charge in [0.2, 0.25) is 0 Å². The summed E-state index contributed by atoms with van der Waals surface area (Å²) in [7, 11) is 0. The molecular weight excluding hydrogens is 407 g/mol. The fraction of sp³-hybridized carbons (Fsp3) is 0.0435. The first kappa shape index (κ1) is 19.2. The number of benzene rings is 3. The third-order valence-corrected chi connectivity index (χ3v) is 5.32. The molecule has 0 bridgehead atoms. The van der Waals surface area contributed by atoms with E-state index in [1.807, 2.05) is 61.5 Å². The Morgan fingerprint density at radius 3 is 2.31 bits per heavy atom. The van der Waals surface area contributed by atoms with E-state index in [1.165, 1.54) is 0 Å². The molecule has 0 saturated heterocycles. The molecule has 1 N–H and O–H groups in total. The van der Waals surface area contributed by atoms with Gasteiger partial charge in [0, 0.05) is 11.1 Å². The average molecular weight is 423 g/mol. The van der Waals surface area contributed by atoms with Crippen LogP contribution in [0.1, 0.15) is 15.9 Å². The maximum atomic E-state index is 12.3. The van der Waals surface area contributed by atoms with Gasteiger partial charge in [-0.3, -0.25) is 0 Å². The highest BCUT2D eigenvalue weighted by Gasteiger charge is 2.26. The molecule has 0 radical (unpaired) electrons. The molecule has 1 aromatic heterocycles. The lowest BCUT2D eigenvalue weighted by Gasteiger charge is -2.09. The lowest BCUT2D eigenvalue weighted by molar-refractivity contribution is 0.0698. The van der Waals surface area contributed by atoms with Crippen molar-refractivity contribution in [2.45, 2.75) is 6.92 Å². The van der Waals surface area contributed by atoms with Gasteiger partial charge in [0.25, 0.3) is 0 Å². The molecule has 4 rings (SSSR count). The molecule has 0 saturated carbocycles. The summed E-state index contributed by atoms with van der Waals surface area (Å²) in [6, 6.07) is 22.1. The Kier molecular flexibility index (Phi) is 5.14. The maximum absolute atomic E-state index is 12.3. The molecule has 0 spiro atoms. The van der Waals surface area contributed by atoms with Crippen LogP contribution in [0.5, 0.6) is 0 Å². The van der Waals surface area contributed by atoms with Crippen LogP contribution in [-0.4, -0.2) is 20.9 Å². The fourth-order valence-corrected chi connectivity index (χ4v) is 3.57. The highest BCUT2D eigenvalue weighted by Crippen LogP contribution is 2.36. The third kappa shape index (κ3) is 3.65. The van der Waals surface area contributed by atoms with Crippen molar-refractivity contribution < 1.29 is 9.90 Å².